The monoisotopic (exact) mass is 350 g/mol. The highest BCUT2D eigenvalue weighted by atomic mass is 32.2. The lowest BCUT2D eigenvalue weighted by Crippen LogP contribution is -2.29. The van der Waals surface area contributed by atoms with E-state index in [4.69, 9.17) is 19.5 Å². The van der Waals surface area contributed by atoms with E-state index in [1.807, 2.05) is 12.1 Å². The van der Waals surface area contributed by atoms with Gasteiger partial charge in [-0.25, -0.2) is 0 Å². The molecule has 0 bridgehead atoms. The maximum absolute atomic E-state index is 11.5. The van der Waals surface area contributed by atoms with Crippen molar-refractivity contribution < 1.29 is 17.3 Å². The second kappa shape index (κ2) is 8.66. The first-order chi connectivity index (χ1) is 11.4. The van der Waals surface area contributed by atoms with E-state index in [1.165, 1.54) is 5.56 Å². The fraction of sp³-hybridized carbons (Fsp3) is 0.579. The van der Waals surface area contributed by atoms with Crippen LogP contribution >= 0.6 is 0 Å². The number of ether oxygens (including phenoxy) is 1. The maximum Gasteiger partial charge on any atom is 0.305 e. The molecule has 1 aliphatic carbocycles. The minimum atomic E-state index is -1.76. The summed E-state index contributed by atoms with van der Waals surface area (Å²) in [4.78, 5) is 0. The van der Waals surface area contributed by atoms with E-state index < -0.39 is 11.4 Å². The Balaban J connectivity index is 1.77. The van der Waals surface area contributed by atoms with Gasteiger partial charge in [-0.15, -0.1) is 6.42 Å². The zero-order valence-electron chi connectivity index (χ0n) is 14.6. The van der Waals surface area contributed by atoms with Gasteiger partial charge in [0.05, 0.1) is 12.2 Å². The normalized spacial score (nSPS) is 22.6. The molecule has 24 heavy (non-hydrogen) atoms. The Morgan fingerprint density at radius 1 is 1.12 bits per heavy atom. The van der Waals surface area contributed by atoms with Crippen molar-refractivity contribution in [1.29, 1.82) is 0 Å². The minimum absolute atomic E-state index is 0.00434. The topological polar surface area (TPSA) is 44.8 Å². The van der Waals surface area contributed by atoms with Crippen LogP contribution in [0.2, 0.25) is 0 Å². The highest BCUT2D eigenvalue weighted by Gasteiger charge is 2.25. The smallest absolute Gasteiger partial charge is 0.305 e. The molecule has 1 fully saturated rings. The van der Waals surface area contributed by atoms with Crippen molar-refractivity contribution in [2.45, 2.75) is 64.1 Å². The third-order valence-electron chi connectivity index (χ3n) is 4.10. The van der Waals surface area contributed by atoms with Crippen molar-refractivity contribution in [2.24, 2.45) is 0 Å². The van der Waals surface area contributed by atoms with Gasteiger partial charge in [0, 0.05) is 0 Å². The van der Waals surface area contributed by atoms with Gasteiger partial charge in [0.15, 0.2) is 0 Å². The molecule has 0 amide bonds. The highest BCUT2D eigenvalue weighted by molar-refractivity contribution is 7.75. The van der Waals surface area contributed by atoms with Crippen molar-refractivity contribution >= 4 is 11.4 Å². The Hall–Kier alpha value is -1.35. The highest BCUT2D eigenvalue weighted by Crippen LogP contribution is 2.28. The van der Waals surface area contributed by atoms with Gasteiger partial charge in [-0.05, 0) is 48.8 Å². The lowest BCUT2D eigenvalue weighted by atomic mass is 9.87. The molecule has 5 heteroatoms. The molecule has 2 rings (SSSR count). The largest absolute Gasteiger partial charge is 0.490 e. The molecular weight excluding hydrogens is 324 g/mol. The van der Waals surface area contributed by atoms with Crippen LogP contribution in [0.4, 0.5) is 0 Å². The summed E-state index contributed by atoms with van der Waals surface area (Å²) in [6.07, 6.45) is 8.51. The molecule has 0 heterocycles. The molecule has 0 saturated heterocycles. The maximum atomic E-state index is 11.5. The number of hydrogen-bond donors (Lipinski definition) is 0. The quantitative estimate of drug-likeness (QED) is 0.730. The summed E-state index contributed by atoms with van der Waals surface area (Å²) in [5, 5.41) is 0. The molecule has 0 aromatic heterocycles. The van der Waals surface area contributed by atoms with Crippen LogP contribution in [0.5, 0.6) is 5.75 Å². The van der Waals surface area contributed by atoms with E-state index in [1.54, 1.807) is 0 Å². The standard InChI is InChI=1S/C19H26O4S/c1-5-14-21-24(20)23-18-12-10-17(11-13-18)22-16-8-6-15(7-9-16)19(2,3)4/h1,6-9,17-18H,10-14H2,2-4H3. The molecule has 132 valence electrons. The molecule has 0 spiro atoms. The Bertz CT molecular complexity index is 575. The van der Waals surface area contributed by atoms with E-state index in [2.05, 4.69) is 38.8 Å². The summed E-state index contributed by atoms with van der Waals surface area (Å²) in [7, 11) is 0. The van der Waals surface area contributed by atoms with Crippen molar-refractivity contribution in [3.05, 3.63) is 29.8 Å². The van der Waals surface area contributed by atoms with Crippen LogP contribution < -0.4 is 4.74 Å². The van der Waals surface area contributed by atoms with Crippen LogP contribution in [0.25, 0.3) is 0 Å². The van der Waals surface area contributed by atoms with Crippen LogP contribution in [-0.2, 0) is 25.1 Å². The third-order valence-corrected chi connectivity index (χ3v) is 4.84. The molecule has 1 unspecified atom stereocenters. The summed E-state index contributed by atoms with van der Waals surface area (Å²) in [5.41, 5.74) is 1.44. The van der Waals surface area contributed by atoms with E-state index in [9.17, 15) is 4.21 Å². The Morgan fingerprint density at radius 2 is 1.71 bits per heavy atom. The van der Waals surface area contributed by atoms with Gasteiger partial charge in [-0.3, -0.25) is 8.37 Å². The van der Waals surface area contributed by atoms with Gasteiger partial charge in [-0.2, -0.15) is 4.21 Å². The van der Waals surface area contributed by atoms with Crippen molar-refractivity contribution in [2.75, 3.05) is 6.61 Å². The second-order valence-electron chi connectivity index (χ2n) is 7.06. The molecular formula is C19H26O4S. The second-order valence-corrected chi connectivity index (χ2v) is 7.89. The first-order valence-electron chi connectivity index (χ1n) is 8.31. The molecule has 0 radical (unpaired) electrons. The van der Waals surface area contributed by atoms with Crippen molar-refractivity contribution in [3.63, 3.8) is 0 Å². The van der Waals surface area contributed by atoms with Crippen molar-refractivity contribution in [1.82, 2.24) is 0 Å². The fourth-order valence-corrected chi connectivity index (χ4v) is 3.33. The Labute approximate surface area is 147 Å². The van der Waals surface area contributed by atoms with E-state index >= 15 is 0 Å². The van der Waals surface area contributed by atoms with Gasteiger partial charge in [0.25, 0.3) is 0 Å². The average molecular weight is 350 g/mol. The summed E-state index contributed by atoms with van der Waals surface area (Å²) in [5.74, 6) is 3.16. The number of benzene rings is 1. The van der Waals surface area contributed by atoms with Gasteiger partial charge in [0.2, 0.25) is 0 Å². The summed E-state index contributed by atoms with van der Waals surface area (Å²) in [6.45, 7) is 6.58. The van der Waals surface area contributed by atoms with E-state index in [0.717, 1.165) is 31.4 Å². The number of terminal acetylenes is 1. The molecule has 1 aromatic rings. The molecule has 0 N–H and O–H groups in total. The molecule has 4 nitrogen and oxygen atoms in total. The van der Waals surface area contributed by atoms with Crippen molar-refractivity contribution in [3.8, 4) is 18.1 Å². The molecule has 1 aliphatic rings. The van der Waals surface area contributed by atoms with Crippen LogP contribution in [0.15, 0.2) is 24.3 Å². The van der Waals surface area contributed by atoms with Gasteiger partial charge in [-0.1, -0.05) is 38.8 Å². The predicted octanol–water partition coefficient (Wildman–Crippen LogP) is 3.92. The lowest BCUT2D eigenvalue weighted by Gasteiger charge is -2.28. The first kappa shape index (κ1) is 19.0. The van der Waals surface area contributed by atoms with Crippen LogP contribution in [0.1, 0.15) is 52.0 Å². The average Bonchev–Trinajstić information content (AvgIpc) is 2.54. The van der Waals surface area contributed by atoms with E-state index in [-0.39, 0.29) is 24.2 Å². The molecule has 1 aromatic carbocycles. The van der Waals surface area contributed by atoms with E-state index in [0.29, 0.717) is 0 Å². The van der Waals surface area contributed by atoms with Gasteiger partial charge in [0.1, 0.15) is 12.4 Å². The summed E-state index contributed by atoms with van der Waals surface area (Å²) in [6, 6.07) is 8.31. The molecule has 1 atom stereocenters. The van der Waals surface area contributed by atoms with Gasteiger partial charge >= 0.3 is 11.4 Å². The first-order valence-corrected chi connectivity index (χ1v) is 9.31. The van der Waals surface area contributed by atoms with Crippen LogP contribution in [0.3, 0.4) is 0 Å². The number of rotatable bonds is 6. The zero-order valence-corrected chi connectivity index (χ0v) is 15.4. The van der Waals surface area contributed by atoms with Crippen LogP contribution in [0, 0.1) is 12.3 Å². The summed E-state index contributed by atoms with van der Waals surface area (Å²) >= 11 is -1.76. The Kier molecular flexibility index (Phi) is 6.85. The van der Waals surface area contributed by atoms with Gasteiger partial charge < -0.3 is 4.74 Å². The summed E-state index contributed by atoms with van der Waals surface area (Å²) < 4.78 is 27.7. The SMILES string of the molecule is C#CCOS(=O)OC1CCC(Oc2ccc(C(C)(C)C)cc2)CC1. The minimum Gasteiger partial charge on any atom is -0.490 e. The predicted molar refractivity (Wildman–Crippen MR) is 95.8 cm³/mol. The zero-order chi connectivity index (χ0) is 17.6. The lowest BCUT2D eigenvalue weighted by molar-refractivity contribution is 0.0801. The van der Waals surface area contributed by atoms with Crippen LogP contribution in [-0.4, -0.2) is 23.0 Å². The Morgan fingerprint density at radius 3 is 2.25 bits per heavy atom. The molecule has 0 aliphatic heterocycles. The number of hydrogen-bond acceptors (Lipinski definition) is 4. The fourth-order valence-electron chi connectivity index (χ4n) is 2.69. The molecule has 1 saturated carbocycles. The third kappa shape index (κ3) is 5.94.